The fourth-order valence-electron chi connectivity index (χ4n) is 1.90. The van der Waals surface area contributed by atoms with E-state index in [0.29, 0.717) is 0 Å². The molecule has 2 rings (SSSR count). The summed E-state index contributed by atoms with van der Waals surface area (Å²) in [5.74, 6) is 0.650. The Morgan fingerprint density at radius 1 is 1.15 bits per heavy atom. The van der Waals surface area contributed by atoms with Crippen molar-refractivity contribution in [2.24, 2.45) is 16.7 Å². The first-order chi connectivity index (χ1) is 12.3. The van der Waals surface area contributed by atoms with Gasteiger partial charge in [-0.15, -0.1) is 5.10 Å². The molecule has 0 aliphatic heterocycles. The monoisotopic (exact) mass is 388 g/mol. The van der Waals surface area contributed by atoms with Crippen LogP contribution in [-0.4, -0.2) is 38.6 Å². The zero-order valence-electron chi connectivity index (χ0n) is 13.6. The molecule has 0 radical (unpaired) electrons. The molecule has 1 aromatic heterocycles. The molecule has 13 heteroatoms. The summed E-state index contributed by atoms with van der Waals surface area (Å²) in [6.07, 6.45) is 0. The minimum Gasteiger partial charge on any atom is -0.481 e. The zero-order valence-corrected chi connectivity index (χ0v) is 14.4. The van der Waals surface area contributed by atoms with E-state index in [9.17, 15) is 17.2 Å². The third-order valence-electron chi connectivity index (χ3n) is 3.02. The van der Waals surface area contributed by atoms with Crippen LogP contribution in [0.1, 0.15) is 0 Å². The smallest absolute Gasteiger partial charge is 0.279 e. The van der Waals surface area contributed by atoms with Gasteiger partial charge in [0, 0.05) is 0 Å². The van der Waals surface area contributed by atoms with E-state index in [1.54, 1.807) is 0 Å². The molecule has 0 unspecified atom stereocenters. The van der Waals surface area contributed by atoms with E-state index < -0.39 is 38.5 Å². The van der Waals surface area contributed by atoms with Crippen LogP contribution in [0, 0.1) is 11.6 Å². The lowest BCUT2D eigenvalue weighted by Gasteiger charge is -2.21. The number of benzene rings is 1. The number of halogens is 2. The van der Waals surface area contributed by atoms with Gasteiger partial charge in [-0.3, -0.25) is 0 Å². The van der Waals surface area contributed by atoms with Crippen LogP contribution in [0.3, 0.4) is 0 Å². The fourth-order valence-corrected chi connectivity index (χ4v) is 3.30. The lowest BCUT2D eigenvalue weighted by atomic mass is 10.3. The highest BCUT2D eigenvalue weighted by atomic mass is 32.2. The molecule has 1 aromatic carbocycles. The number of nitrogens with two attached hydrogens (primary N) is 2. The number of guanidine groups is 1. The lowest BCUT2D eigenvalue weighted by Crippen LogP contribution is -2.44. The molecule has 0 saturated carbocycles. The van der Waals surface area contributed by atoms with Crippen molar-refractivity contribution >= 4 is 21.9 Å². The Kier molecular flexibility index (Phi) is 5.40. The van der Waals surface area contributed by atoms with Gasteiger partial charge in [0.25, 0.3) is 16.0 Å². The van der Waals surface area contributed by atoms with Gasteiger partial charge in [0.05, 0.1) is 20.3 Å². The summed E-state index contributed by atoms with van der Waals surface area (Å²) in [5.41, 5.74) is 5.52. The maximum Gasteiger partial charge on any atom is 0.279 e. The first-order valence-corrected chi connectivity index (χ1v) is 8.20. The summed E-state index contributed by atoms with van der Waals surface area (Å²) in [7, 11) is -2.46. The van der Waals surface area contributed by atoms with E-state index in [-0.39, 0.29) is 16.1 Å². The molecule has 0 aliphatic carbocycles. The second-order valence-corrected chi connectivity index (χ2v) is 6.28. The SMILES string of the molecule is COc1cc(OC)nc(N(C(N)=NN)S(=O)(=O)c2c(F)cccc2F)n1. The van der Waals surface area contributed by atoms with Crippen molar-refractivity contribution < 1.29 is 26.7 Å². The van der Waals surface area contributed by atoms with Gasteiger partial charge in [0.1, 0.15) is 11.6 Å². The number of methoxy groups -OCH3 is 2. The van der Waals surface area contributed by atoms with Crippen molar-refractivity contribution in [3.63, 3.8) is 0 Å². The van der Waals surface area contributed by atoms with Gasteiger partial charge in [-0.25, -0.2) is 17.2 Å². The molecule has 0 atom stereocenters. The second kappa shape index (κ2) is 7.35. The molecular weight excluding hydrogens is 374 g/mol. The highest BCUT2D eigenvalue weighted by molar-refractivity contribution is 7.93. The van der Waals surface area contributed by atoms with Crippen molar-refractivity contribution in [2.45, 2.75) is 4.90 Å². The van der Waals surface area contributed by atoms with Gasteiger partial charge in [0.2, 0.25) is 17.7 Å². The highest BCUT2D eigenvalue weighted by Crippen LogP contribution is 2.28. The molecule has 26 heavy (non-hydrogen) atoms. The minimum atomic E-state index is -4.97. The Morgan fingerprint density at radius 2 is 1.65 bits per heavy atom. The largest absolute Gasteiger partial charge is 0.481 e. The normalized spacial score (nSPS) is 11.9. The van der Waals surface area contributed by atoms with Crippen LogP contribution >= 0.6 is 0 Å². The molecule has 10 nitrogen and oxygen atoms in total. The number of nitrogens with zero attached hydrogens (tertiary/aromatic N) is 4. The summed E-state index contributed by atoms with van der Waals surface area (Å²) in [4.78, 5) is 6.30. The van der Waals surface area contributed by atoms with Crippen LogP contribution in [-0.2, 0) is 10.0 Å². The van der Waals surface area contributed by atoms with Crippen LogP contribution in [0.4, 0.5) is 14.7 Å². The summed E-state index contributed by atoms with van der Waals surface area (Å²) < 4.78 is 63.7. The van der Waals surface area contributed by atoms with Gasteiger partial charge in [0.15, 0.2) is 4.90 Å². The predicted octanol–water partition coefficient (Wildman–Crippen LogP) is 0.156. The molecule has 1 heterocycles. The molecule has 0 fully saturated rings. The maximum absolute atomic E-state index is 14.0. The van der Waals surface area contributed by atoms with Crippen LogP contribution in [0.15, 0.2) is 34.3 Å². The van der Waals surface area contributed by atoms with E-state index in [1.165, 1.54) is 20.3 Å². The second-order valence-electron chi connectivity index (χ2n) is 4.56. The summed E-state index contributed by atoms with van der Waals surface area (Å²) in [5, 5.41) is 3.06. The summed E-state index contributed by atoms with van der Waals surface area (Å²) in [6.45, 7) is 0. The predicted molar refractivity (Wildman–Crippen MR) is 87.0 cm³/mol. The van der Waals surface area contributed by atoms with E-state index in [2.05, 4.69) is 15.1 Å². The van der Waals surface area contributed by atoms with Crippen LogP contribution in [0.25, 0.3) is 0 Å². The van der Waals surface area contributed by atoms with Gasteiger partial charge in [-0.2, -0.15) is 14.3 Å². The van der Waals surface area contributed by atoms with Crippen LogP contribution in [0.2, 0.25) is 0 Å². The molecule has 0 bridgehead atoms. The summed E-state index contributed by atoms with van der Waals surface area (Å²) in [6, 6.07) is 3.76. The first kappa shape index (κ1) is 19.1. The van der Waals surface area contributed by atoms with Crippen LogP contribution in [0.5, 0.6) is 11.8 Å². The average Bonchev–Trinajstić information content (AvgIpc) is 2.60. The van der Waals surface area contributed by atoms with Crippen molar-refractivity contribution in [1.82, 2.24) is 9.97 Å². The Balaban J connectivity index is 2.78. The topological polar surface area (TPSA) is 146 Å². The molecule has 140 valence electrons. The zero-order chi connectivity index (χ0) is 19.5. The van der Waals surface area contributed by atoms with Gasteiger partial charge < -0.3 is 21.1 Å². The number of sulfonamides is 1. The molecular formula is C13H14F2N6O4S. The number of ether oxygens (including phenoxy) is 2. The maximum atomic E-state index is 14.0. The van der Waals surface area contributed by atoms with Crippen molar-refractivity contribution in [2.75, 3.05) is 18.5 Å². The van der Waals surface area contributed by atoms with E-state index >= 15 is 0 Å². The van der Waals surface area contributed by atoms with Crippen LogP contribution < -0.4 is 25.4 Å². The van der Waals surface area contributed by atoms with Gasteiger partial charge in [-0.1, -0.05) is 6.07 Å². The Labute approximate surface area is 147 Å². The van der Waals surface area contributed by atoms with E-state index in [4.69, 9.17) is 21.1 Å². The molecule has 0 spiro atoms. The Hall–Kier alpha value is -3.22. The van der Waals surface area contributed by atoms with Gasteiger partial charge in [-0.05, 0) is 12.1 Å². The Bertz CT molecular complexity index is 911. The lowest BCUT2D eigenvalue weighted by molar-refractivity contribution is 0.372. The average molecular weight is 388 g/mol. The number of hydrogen-bond acceptors (Lipinski definition) is 8. The third-order valence-corrected chi connectivity index (χ3v) is 4.76. The summed E-state index contributed by atoms with van der Waals surface area (Å²) >= 11 is 0. The van der Waals surface area contributed by atoms with Crippen molar-refractivity contribution in [1.29, 1.82) is 0 Å². The fraction of sp³-hybridized carbons (Fsp3) is 0.154. The first-order valence-electron chi connectivity index (χ1n) is 6.76. The molecule has 0 amide bonds. The van der Waals surface area contributed by atoms with E-state index in [0.717, 1.165) is 18.2 Å². The highest BCUT2D eigenvalue weighted by Gasteiger charge is 2.36. The number of rotatable bonds is 5. The van der Waals surface area contributed by atoms with Crippen molar-refractivity contribution in [3.8, 4) is 11.8 Å². The molecule has 2 aromatic rings. The molecule has 0 saturated heterocycles. The number of anilines is 1. The number of hydrogen-bond donors (Lipinski definition) is 2. The van der Waals surface area contributed by atoms with E-state index in [1.807, 2.05) is 0 Å². The standard InChI is InChI=1S/C13H14F2N6O4S/c1-24-9-6-10(25-2)19-13(18-9)21(12(16)20-17)26(22,23)11-7(14)4-3-5-8(11)15/h3-6H,17H2,1-2H3,(H2,16,20). The quantitative estimate of drug-likeness (QED) is 0.319. The van der Waals surface area contributed by atoms with Gasteiger partial charge >= 0.3 is 0 Å². The van der Waals surface area contributed by atoms with Crippen molar-refractivity contribution in [3.05, 3.63) is 35.9 Å². The number of hydrazone groups is 1. The minimum absolute atomic E-state index is 0.106. The number of aromatic nitrogens is 2. The molecule has 4 N–H and O–H groups in total. The third kappa shape index (κ3) is 3.42. The Morgan fingerprint density at radius 3 is 2.08 bits per heavy atom. The molecule has 0 aliphatic rings.